The van der Waals surface area contributed by atoms with E-state index in [-0.39, 0.29) is 12.4 Å². The molecular weight excluding hydrogens is 261 g/mol. The Labute approximate surface area is 118 Å². The maximum Gasteiger partial charge on any atom is 0.407 e. The molecule has 110 valence electrons. The first-order chi connectivity index (χ1) is 9.70. The van der Waals surface area contributed by atoms with Gasteiger partial charge in [-0.1, -0.05) is 6.07 Å². The van der Waals surface area contributed by atoms with E-state index in [1.807, 2.05) is 11.0 Å². The molecule has 5 nitrogen and oxygen atoms in total. The van der Waals surface area contributed by atoms with E-state index >= 15 is 0 Å². The van der Waals surface area contributed by atoms with Crippen LogP contribution in [0.1, 0.15) is 12.5 Å². The summed E-state index contributed by atoms with van der Waals surface area (Å²) in [4.78, 5) is 13.2. The highest BCUT2D eigenvalue weighted by Crippen LogP contribution is 2.20. The fourth-order valence-corrected chi connectivity index (χ4v) is 2.18. The van der Waals surface area contributed by atoms with Gasteiger partial charge in [0.25, 0.3) is 0 Å². The Hall–Kier alpha value is -1.82. The van der Waals surface area contributed by atoms with Crippen molar-refractivity contribution in [3.63, 3.8) is 0 Å². The number of carbonyl (C=O) groups is 1. The van der Waals surface area contributed by atoms with Crippen molar-refractivity contribution in [3.8, 4) is 0 Å². The zero-order valence-corrected chi connectivity index (χ0v) is 11.6. The second-order valence-electron chi connectivity index (χ2n) is 4.60. The third-order valence-corrected chi connectivity index (χ3v) is 3.18. The van der Waals surface area contributed by atoms with E-state index < -0.39 is 6.09 Å². The Bertz CT molecular complexity index is 462. The number of benzene rings is 1. The minimum atomic E-state index is -0.487. The van der Waals surface area contributed by atoms with Crippen LogP contribution >= 0.6 is 0 Å². The van der Waals surface area contributed by atoms with E-state index in [1.165, 1.54) is 6.07 Å². The second kappa shape index (κ2) is 7.09. The smallest absolute Gasteiger partial charge is 0.407 e. The van der Waals surface area contributed by atoms with E-state index in [0.717, 1.165) is 31.7 Å². The number of rotatable bonds is 4. The van der Waals surface area contributed by atoms with Gasteiger partial charge in [-0.25, -0.2) is 9.18 Å². The van der Waals surface area contributed by atoms with E-state index in [9.17, 15) is 9.18 Å². The molecule has 0 saturated carbocycles. The van der Waals surface area contributed by atoms with Crippen molar-refractivity contribution in [1.29, 1.82) is 0 Å². The van der Waals surface area contributed by atoms with Gasteiger partial charge in [0, 0.05) is 32.7 Å². The lowest BCUT2D eigenvalue weighted by Crippen LogP contribution is -2.43. The lowest BCUT2D eigenvalue weighted by molar-refractivity contribution is 0.151. The van der Waals surface area contributed by atoms with Crippen LogP contribution in [0, 0.1) is 5.82 Å². The number of hydrogen-bond acceptors (Lipinski definition) is 4. The van der Waals surface area contributed by atoms with Gasteiger partial charge in [-0.15, -0.1) is 0 Å². The van der Waals surface area contributed by atoms with Crippen LogP contribution in [0.5, 0.6) is 0 Å². The number of halogens is 1. The first kappa shape index (κ1) is 14.6. The molecule has 1 aliphatic rings. The summed E-state index contributed by atoms with van der Waals surface area (Å²) in [5.41, 5.74) is 1.33. The van der Waals surface area contributed by atoms with Crippen LogP contribution in [-0.4, -0.2) is 38.9 Å². The second-order valence-corrected chi connectivity index (χ2v) is 4.60. The van der Waals surface area contributed by atoms with Crippen molar-refractivity contribution in [1.82, 2.24) is 10.6 Å². The summed E-state index contributed by atoms with van der Waals surface area (Å²) >= 11 is 0. The molecule has 0 unspecified atom stereocenters. The summed E-state index contributed by atoms with van der Waals surface area (Å²) in [5, 5.41) is 5.81. The van der Waals surface area contributed by atoms with Gasteiger partial charge in [0.05, 0.1) is 12.3 Å². The van der Waals surface area contributed by atoms with Crippen molar-refractivity contribution >= 4 is 11.8 Å². The topological polar surface area (TPSA) is 53.6 Å². The predicted octanol–water partition coefficient (Wildman–Crippen LogP) is 1.48. The molecule has 0 spiro atoms. The molecule has 1 aromatic rings. The molecule has 2 rings (SSSR count). The molecule has 1 aliphatic heterocycles. The highest BCUT2D eigenvalue weighted by molar-refractivity contribution is 5.67. The van der Waals surface area contributed by atoms with Crippen LogP contribution in [0.3, 0.4) is 0 Å². The third kappa shape index (κ3) is 3.84. The van der Waals surface area contributed by atoms with Crippen LogP contribution in [0.25, 0.3) is 0 Å². The van der Waals surface area contributed by atoms with Gasteiger partial charge in [-0.05, 0) is 24.6 Å². The molecule has 1 saturated heterocycles. The summed E-state index contributed by atoms with van der Waals surface area (Å²) in [6, 6.07) is 5.05. The van der Waals surface area contributed by atoms with Gasteiger partial charge >= 0.3 is 6.09 Å². The van der Waals surface area contributed by atoms with Crippen LogP contribution in [0.2, 0.25) is 0 Å². The van der Waals surface area contributed by atoms with Crippen molar-refractivity contribution < 1.29 is 13.9 Å². The molecule has 2 N–H and O–H groups in total. The van der Waals surface area contributed by atoms with Crippen LogP contribution in [-0.2, 0) is 11.3 Å². The monoisotopic (exact) mass is 281 g/mol. The number of nitrogens with one attached hydrogen (secondary N) is 2. The Morgan fingerprint density at radius 2 is 2.20 bits per heavy atom. The average molecular weight is 281 g/mol. The number of anilines is 1. The Balaban J connectivity index is 1.96. The normalized spacial score (nSPS) is 15.0. The maximum absolute atomic E-state index is 14.1. The highest BCUT2D eigenvalue weighted by atomic mass is 19.1. The fourth-order valence-electron chi connectivity index (χ4n) is 2.18. The molecule has 20 heavy (non-hydrogen) atoms. The number of piperazine rings is 1. The van der Waals surface area contributed by atoms with Gasteiger partial charge in [0.15, 0.2) is 0 Å². The largest absolute Gasteiger partial charge is 0.450 e. The molecule has 0 atom stereocenters. The molecule has 0 bridgehead atoms. The number of ether oxygens (including phenoxy) is 1. The molecule has 1 heterocycles. The summed E-state index contributed by atoms with van der Waals surface area (Å²) < 4.78 is 18.9. The number of alkyl carbamates (subject to hydrolysis) is 1. The molecule has 0 radical (unpaired) electrons. The SMILES string of the molecule is CCOC(=O)NCc1ccc(N2CCNCC2)c(F)c1. The summed E-state index contributed by atoms with van der Waals surface area (Å²) in [6.45, 7) is 5.66. The molecule has 0 aromatic heterocycles. The number of amides is 1. The third-order valence-electron chi connectivity index (χ3n) is 3.18. The van der Waals surface area contributed by atoms with Crippen molar-refractivity contribution in [3.05, 3.63) is 29.6 Å². The van der Waals surface area contributed by atoms with Gasteiger partial charge in [0.2, 0.25) is 0 Å². The highest BCUT2D eigenvalue weighted by Gasteiger charge is 2.14. The van der Waals surface area contributed by atoms with Crippen molar-refractivity contribution in [2.45, 2.75) is 13.5 Å². The van der Waals surface area contributed by atoms with Gasteiger partial charge in [-0.3, -0.25) is 0 Å². The first-order valence-electron chi connectivity index (χ1n) is 6.85. The lowest BCUT2D eigenvalue weighted by Gasteiger charge is -2.29. The maximum atomic E-state index is 14.1. The van der Waals surface area contributed by atoms with E-state index in [0.29, 0.717) is 12.3 Å². The van der Waals surface area contributed by atoms with Crippen molar-refractivity contribution in [2.75, 3.05) is 37.7 Å². The van der Waals surface area contributed by atoms with Crippen LogP contribution in [0.4, 0.5) is 14.9 Å². The predicted molar refractivity (Wildman–Crippen MR) is 75.3 cm³/mol. The Morgan fingerprint density at radius 1 is 1.45 bits per heavy atom. The molecule has 1 fully saturated rings. The zero-order chi connectivity index (χ0) is 14.4. The number of hydrogen-bond donors (Lipinski definition) is 2. The summed E-state index contributed by atoms with van der Waals surface area (Å²) in [6.07, 6.45) is -0.487. The summed E-state index contributed by atoms with van der Waals surface area (Å²) in [5.74, 6) is -0.255. The van der Waals surface area contributed by atoms with Crippen molar-refractivity contribution in [2.24, 2.45) is 0 Å². The van der Waals surface area contributed by atoms with Crippen LogP contribution < -0.4 is 15.5 Å². The first-order valence-corrected chi connectivity index (χ1v) is 6.85. The number of carbonyl (C=O) groups excluding carboxylic acids is 1. The standard InChI is InChI=1S/C14H20FN3O2/c1-2-20-14(19)17-10-11-3-4-13(12(15)9-11)18-7-5-16-6-8-18/h3-4,9,16H,2,5-8,10H2,1H3,(H,17,19). The summed E-state index contributed by atoms with van der Waals surface area (Å²) in [7, 11) is 0. The zero-order valence-electron chi connectivity index (χ0n) is 11.6. The molecule has 1 aromatic carbocycles. The minimum Gasteiger partial charge on any atom is -0.450 e. The quantitative estimate of drug-likeness (QED) is 0.878. The van der Waals surface area contributed by atoms with E-state index in [4.69, 9.17) is 4.74 Å². The molecular formula is C14H20FN3O2. The van der Waals surface area contributed by atoms with E-state index in [1.54, 1.807) is 13.0 Å². The van der Waals surface area contributed by atoms with Gasteiger partial charge in [0.1, 0.15) is 5.82 Å². The van der Waals surface area contributed by atoms with Crippen LogP contribution in [0.15, 0.2) is 18.2 Å². The molecule has 1 amide bonds. The fraction of sp³-hybridized carbons (Fsp3) is 0.500. The lowest BCUT2D eigenvalue weighted by atomic mass is 10.1. The molecule has 0 aliphatic carbocycles. The number of nitrogens with zero attached hydrogens (tertiary/aromatic N) is 1. The Morgan fingerprint density at radius 3 is 2.85 bits per heavy atom. The van der Waals surface area contributed by atoms with E-state index in [2.05, 4.69) is 10.6 Å². The Kier molecular flexibility index (Phi) is 5.17. The van der Waals surface area contributed by atoms with Gasteiger partial charge in [-0.2, -0.15) is 0 Å². The average Bonchev–Trinajstić information content (AvgIpc) is 2.46. The van der Waals surface area contributed by atoms with Gasteiger partial charge < -0.3 is 20.3 Å². The molecule has 6 heteroatoms. The minimum absolute atomic E-state index is 0.255.